The van der Waals surface area contributed by atoms with Gasteiger partial charge < -0.3 is 5.32 Å². The molecule has 0 unspecified atom stereocenters. The second-order valence-electron chi connectivity index (χ2n) is 4.32. The van der Waals surface area contributed by atoms with Crippen LogP contribution in [0.2, 0.25) is 0 Å². The van der Waals surface area contributed by atoms with E-state index in [0.29, 0.717) is 0 Å². The number of rotatable bonds is 4. The zero-order valence-electron chi connectivity index (χ0n) is 9.63. The SMILES string of the molecule is CNCc1ccc(SC2CCCC2)c(Br)c1. The summed E-state index contributed by atoms with van der Waals surface area (Å²) in [6.07, 6.45) is 5.59. The summed E-state index contributed by atoms with van der Waals surface area (Å²) >= 11 is 5.71. The summed E-state index contributed by atoms with van der Waals surface area (Å²) < 4.78 is 1.25. The third kappa shape index (κ3) is 3.25. The van der Waals surface area contributed by atoms with Crippen LogP contribution in [0.15, 0.2) is 27.6 Å². The number of halogens is 1. The maximum atomic E-state index is 3.68. The van der Waals surface area contributed by atoms with Gasteiger partial charge in [0.1, 0.15) is 0 Å². The second-order valence-corrected chi connectivity index (χ2v) is 6.52. The Morgan fingerprint density at radius 1 is 1.38 bits per heavy atom. The monoisotopic (exact) mass is 299 g/mol. The molecule has 0 aromatic heterocycles. The Hall–Kier alpha value is 0.01000. The van der Waals surface area contributed by atoms with E-state index < -0.39 is 0 Å². The molecule has 2 rings (SSSR count). The van der Waals surface area contributed by atoms with Crippen molar-refractivity contribution < 1.29 is 0 Å². The third-order valence-corrected chi connectivity index (χ3v) is 5.31. The van der Waals surface area contributed by atoms with E-state index in [-0.39, 0.29) is 0 Å². The lowest BCUT2D eigenvalue weighted by atomic mass is 10.2. The van der Waals surface area contributed by atoms with Crippen LogP contribution in [-0.2, 0) is 6.54 Å². The highest BCUT2D eigenvalue weighted by Crippen LogP contribution is 2.38. The molecule has 0 amide bonds. The van der Waals surface area contributed by atoms with Crippen LogP contribution in [0.4, 0.5) is 0 Å². The van der Waals surface area contributed by atoms with E-state index in [1.165, 1.54) is 40.6 Å². The Balaban J connectivity index is 2.03. The summed E-state index contributed by atoms with van der Waals surface area (Å²) in [7, 11) is 1.98. The number of nitrogens with one attached hydrogen (secondary N) is 1. The summed E-state index contributed by atoms with van der Waals surface area (Å²) in [5.74, 6) is 0. The molecule has 1 N–H and O–H groups in total. The fourth-order valence-electron chi connectivity index (χ4n) is 2.14. The first-order chi connectivity index (χ1) is 7.79. The lowest BCUT2D eigenvalue weighted by Crippen LogP contribution is -2.04. The van der Waals surface area contributed by atoms with Gasteiger partial charge in [0, 0.05) is 21.2 Å². The molecule has 1 fully saturated rings. The van der Waals surface area contributed by atoms with E-state index in [4.69, 9.17) is 0 Å². The van der Waals surface area contributed by atoms with E-state index in [2.05, 4.69) is 39.4 Å². The lowest BCUT2D eigenvalue weighted by Gasteiger charge is -2.11. The Morgan fingerprint density at radius 3 is 2.75 bits per heavy atom. The largest absolute Gasteiger partial charge is 0.316 e. The highest BCUT2D eigenvalue weighted by atomic mass is 79.9. The van der Waals surface area contributed by atoms with Crippen molar-refractivity contribution in [2.45, 2.75) is 42.4 Å². The summed E-state index contributed by atoms with van der Waals surface area (Å²) in [5.41, 5.74) is 1.34. The van der Waals surface area contributed by atoms with E-state index in [9.17, 15) is 0 Å². The van der Waals surface area contributed by atoms with Gasteiger partial charge in [0.2, 0.25) is 0 Å². The van der Waals surface area contributed by atoms with Gasteiger partial charge in [-0.1, -0.05) is 18.9 Å². The lowest BCUT2D eigenvalue weighted by molar-refractivity contribution is 0.816. The minimum absolute atomic E-state index is 0.839. The van der Waals surface area contributed by atoms with Gasteiger partial charge in [0.05, 0.1) is 0 Å². The fourth-order valence-corrected chi connectivity index (χ4v) is 4.09. The van der Waals surface area contributed by atoms with Gasteiger partial charge in [-0.25, -0.2) is 0 Å². The molecular weight excluding hydrogens is 282 g/mol. The first-order valence-electron chi connectivity index (χ1n) is 5.89. The molecule has 0 radical (unpaired) electrons. The quantitative estimate of drug-likeness (QED) is 0.894. The molecule has 88 valence electrons. The van der Waals surface area contributed by atoms with Crippen molar-refractivity contribution in [2.24, 2.45) is 0 Å². The fraction of sp³-hybridized carbons (Fsp3) is 0.538. The van der Waals surface area contributed by atoms with E-state index in [1.54, 1.807) is 0 Å². The Labute approximate surface area is 111 Å². The molecule has 1 aliphatic rings. The van der Waals surface area contributed by atoms with Crippen molar-refractivity contribution in [1.82, 2.24) is 5.32 Å². The van der Waals surface area contributed by atoms with Crippen molar-refractivity contribution in [1.29, 1.82) is 0 Å². The van der Waals surface area contributed by atoms with Gasteiger partial charge in [-0.3, -0.25) is 0 Å². The molecule has 0 bridgehead atoms. The van der Waals surface area contributed by atoms with E-state index in [0.717, 1.165) is 11.8 Å². The van der Waals surface area contributed by atoms with Crippen LogP contribution in [0.1, 0.15) is 31.2 Å². The molecule has 0 spiro atoms. The van der Waals surface area contributed by atoms with Gasteiger partial charge in [-0.05, 0) is 53.5 Å². The predicted molar refractivity (Wildman–Crippen MR) is 75.0 cm³/mol. The Morgan fingerprint density at radius 2 is 2.12 bits per heavy atom. The van der Waals surface area contributed by atoms with Gasteiger partial charge in [-0.2, -0.15) is 0 Å². The summed E-state index contributed by atoms with van der Waals surface area (Å²) in [5, 5.41) is 4.02. The maximum Gasteiger partial charge on any atom is 0.0314 e. The maximum absolute atomic E-state index is 3.68. The van der Waals surface area contributed by atoms with Crippen molar-refractivity contribution in [3.05, 3.63) is 28.2 Å². The van der Waals surface area contributed by atoms with Crippen LogP contribution >= 0.6 is 27.7 Å². The van der Waals surface area contributed by atoms with Crippen molar-refractivity contribution in [3.63, 3.8) is 0 Å². The van der Waals surface area contributed by atoms with E-state index >= 15 is 0 Å². The first-order valence-corrected chi connectivity index (χ1v) is 7.56. The Bertz CT molecular complexity index is 348. The molecule has 1 nitrogen and oxygen atoms in total. The van der Waals surface area contributed by atoms with Crippen LogP contribution in [0, 0.1) is 0 Å². The highest BCUT2D eigenvalue weighted by molar-refractivity contribution is 9.10. The second kappa shape index (κ2) is 6.08. The number of hydrogen-bond donors (Lipinski definition) is 1. The molecule has 0 saturated heterocycles. The van der Waals surface area contributed by atoms with Crippen LogP contribution in [-0.4, -0.2) is 12.3 Å². The van der Waals surface area contributed by atoms with Gasteiger partial charge in [0.15, 0.2) is 0 Å². The first kappa shape index (κ1) is 12.5. The average Bonchev–Trinajstić information content (AvgIpc) is 2.75. The van der Waals surface area contributed by atoms with Gasteiger partial charge in [0.25, 0.3) is 0 Å². The molecule has 3 heteroatoms. The van der Waals surface area contributed by atoms with Crippen molar-refractivity contribution >= 4 is 27.7 Å². The van der Waals surface area contributed by atoms with Crippen molar-refractivity contribution in [2.75, 3.05) is 7.05 Å². The topological polar surface area (TPSA) is 12.0 Å². The summed E-state index contributed by atoms with van der Waals surface area (Å²) in [6.45, 7) is 0.937. The predicted octanol–water partition coefficient (Wildman–Crippen LogP) is 4.20. The molecule has 0 atom stereocenters. The number of thioether (sulfide) groups is 1. The molecule has 1 aliphatic carbocycles. The standard InChI is InChI=1S/C13H18BrNS/c1-15-9-10-6-7-13(12(14)8-10)16-11-4-2-3-5-11/h6-8,11,15H,2-5,9H2,1H3. The third-order valence-electron chi connectivity index (χ3n) is 2.97. The number of benzene rings is 1. The van der Waals surface area contributed by atoms with E-state index in [1.807, 2.05) is 18.8 Å². The van der Waals surface area contributed by atoms with Gasteiger partial charge in [-0.15, -0.1) is 11.8 Å². The molecule has 1 aromatic carbocycles. The molecule has 0 aliphatic heterocycles. The summed E-state index contributed by atoms with van der Waals surface area (Å²) in [6, 6.07) is 6.70. The Kier molecular flexibility index (Phi) is 4.74. The zero-order valence-corrected chi connectivity index (χ0v) is 12.0. The van der Waals surface area contributed by atoms with Crippen LogP contribution in [0.5, 0.6) is 0 Å². The molecule has 0 heterocycles. The van der Waals surface area contributed by atoms with Crippen LogP contribution < -0.4 is 5.32 Å². The number of hydrogen-bond acceptors (Lipinski definition) is 2. The molecule has 1 aromatic rings. The van der Waals surface area contributed by atoms with Crippen molar-refractivity contribution in [3.8, 4) is 0 Å². The minimum atomic E-state index is 0.839. The normalized spacial score (nSPS) is 16.9. The molecule has 1 saturated carbocycles. The molecular formula is C13H18BrNS. The minimum Gasteiger partial charge on any atom is -0.316 e. The van der Waals surface area contributed by atoms with Gasteiger partial charge >= 0.3 is 0 Å². The average molecular weight is 300 g/mol. The highest BCUT2D eigenvalue weighted by Gasteiger charge is 2.17. The smallest absolute Gasteiger partial charge is 0.0314 e. The molecule has 16 heavy (non-hydrogen) atoms. The van der Waals surface area contributed by atoms with Crippen LogP contribution in [0.3, 0.4) is 0 Å². The summed E-state index contributed by atoms with van der Waals surface area (Å²) in [4.78, 5) is 1.40. The zero-order chi connectivity index (χ0) is 11.4. The van der Waals surface area contributed by atoms with Crippen LogP contribution in [0.25, 0.3) is 0 Å².